The van der Waals surface area contributed by atoms with Gasteiger partial charge in [-0.3, -0.25) is 9.59 Å². The Labute approximate surface area is 224 Å². The molecule has 4 rings (SSSR count). The van der Waals surface area contributed by atoms with E-state index in [1.54, 1.807) is 18.2 Å². The maximum Gasteiger partial charge on any atom is 0.328 e. The second-order valence-electron chi connectivity index (χ2n) is 9.16. The molecule has 0 radical (unpaired) electrons. The number of fused-ring (bicyclic) bond motifs is 1. The van der Waals surface area contributed by atoms with Crippen molar-refractivity contribution in [3.8, 4) is 11.5 Å². The third-order valence-electron chi connectivity index (χ3n) is 6.40. The van der Waals surface area contributed by atoms with Gasteiger partial charge in [-0.1, -0.05) is 25.1 Å². The Morgan fingerprint density at radius 3 is 2.49 bits per heavy atom. The molecule has 39 heavy (non-hydrogen) atoms. The van der Waals surface area contributed by atoms with Crippen molar-refractivity contribution in [1.29, 1.82) is 0 Å². The predicted octanol–water partition coefficient (Wildman–Crippen LogP) is 4.49. The van der Waals surface area contributed by atoms with Crippen LogP contribution in [0.15, 0.2) is 54.7 Å². The number of nitrogens with one attached hydrogen (secondary N) is 1. The molecular formula is C29H28F2N2O6. The van der Waals surface area contributed by atoms with E-state index < -0.39 is 47.5 Å². The lowest BCUT2D eigenvalue weighted by atomic mass is 9.91. The first-order valence-electron chi connectivity index (χ1n) is 12.5. The van der Waals surface area contributed by atoms with Gasteiger partial charge in [0.25, 0.3) is 5.91 Å². The van der Waals surface area contributed by atoms with Crippen molar-refractivity contribution < 1.29 is 37.4 Å². The molecule has 2 unspecified atom stereocenters. The van der Waals surface area contributed by atoms with Crippen molar-refractivity contribution in [3.05, 3.63) is 88.7 Å². The van der Waals surface area contributed by atoms with Crippen molar-refractivity contribution in [2.24, 2.45) is 0 Å². The third-order valence-corrected chi connectivity index (χ3v) is 6.40. The Morgan fingerprint density at radius 2 is 1.79 bits per heavy atom. The molecule has 1 N–H and O–H groups in total. The molecule has 0 aliphatic heterocycles. The molecular weight excluding hydrogens is 510 g/mol. The maximum absolute atomic E-state index is 13.9. The van der Waals surface area contributed by atoms with Gasteiger partial charge < -0.3 is 19.5 Å². The number of pyridine rings is 1. The minimum Gasteiger partial charge on any atom is -0.493 e. The van der Waals surface area contributed by atoms with Crippen LogP contribution < -0.4 is 14.8 Å². The summed E-state index contributed by atoms with van der Waals surface area (Å²) in [6.45, 7) is 3.25. The summed E-state index contributed by atoms with van der Waals surface area (Å²) in [6, 6.07) is 10.5. The number of rotatable bonds is 9. The standard InChI is InChI=1S/C29H28F2N2O6/c1-4-5-24(34)39-27-22(37-3)12-13-32-26(27)28(35)33-16(2)29(36)38-23-15-18-14-20(31)10-11-21(18)25(23)17-6-8-19(30)9-7-17/h6-14,16,23,25H,4-5,15H2,1-3H3,(H,33,35)/t16-,23?,25?/m0/s1. The van der Waals surface area contributed by atoms with Crippen molar-refractivity contribution in [3.63, 3.8) is 0 Å². The molecule has 0 saturated heterocycles. The molecule has 0 bridgehead atoms. The van der Waals surface area contributed by atoms with Crippen LogP contribution in [0.25, 0.3) is 0 Å². The number of amides is 1. The quantitative estimate of drug-likeness (QED) is 0.401. The average Bonchev–Trinajstić information content (AvgIpc) is 3.25. The first-order chi connectivity index (χ1) is 18.7. The Kier molecular flexibility index (Phi) is 8.53. The first-order valence-corrected chi connectivity index (χ1v) is 12.5. The fourth-order valence-corrected chi connectivity index (χ4v) is 4.56. The number of aromatic nitrogens is 1. The van der Waals surface area contributed by atoms with Gasteiger partial charge in [-0.15, -0.1) is 0 Å². The number of hydrogen-bond donors (Lipinski definition) is 1. The van der Waals surface area contributed by atoms with Crippen LogP contribution in [0.1, 0.15) is 59.8 Å². The molecule has 3 atom stereocenters. The van der Waals surface area contributed by atoms with Crippen LogP contribution in [0, 0.1) is 11.6 Å². The van der Waals surface area contributed by atoms with Gasteiger partial charge in [0.15, 0.2) is 11.4 Å². The summed E-state index contributed by atoms with van der Waals surface area (Å²) in [5, 5.41) is 2.53. The van der Waals surface area contributed by atoms with E-state index in [0.29, 0.717) is 17.5 Å². The van der Waals surface area contributed by atoms with E-state index in [9.17, 15) is 23.2 Å². The lowest BCUT2D eigenvalue weighted by Crippen LogP contribution is -2.42. The van der Waals surface area contributed by atoms with E-state index in [-0.39, 0.29) is 30.0 Å². The number of carbonyl (C=O) groups is 3. The van der Waals surface area contributed by atoms with Gasteiger partial charge in [0, 0.05) is 31.0 Å². The molecule has 2 aromatic carbocycles. The molecule has 0 saturated carbocycles. The SMILES string of the molecule is CCCC(=O)Oc1c(OC)ccnc1C(=O)N[C@@H](C)C(=O)OC1Cc2cc(F)ccc2C1c1ccc(F)cc1. The summed E-state index contributed by atoms with van der Waals surface area (Å²) in [7, 11) is 1.36. The van der Waals surface area contributed by atoms with Gasteiger partial charge >= 0.3 is 11.9 Å². The lowest BCUT2D eigenvalue weighted by molar-refractivity contribution is -0.151. The zero-order valence-corrected chi connectivity index (χ0v) is 21.7. The van der Waals surface area contributed by atoms with Gasteiger partial charge in [-0.25, -0.2) is 18.6 Å². The second kappa shape index (κ2) is 12.0. The number of ether oxygens (including phenoxy) is 3. The first kappa shape index (κ1) is 27.7. The Bertz CT molecular complexity index is 1380. The number of halogens is 2. The van der Waals surface area contributed by atoms with Gasteiger partial charge in [0.2, 0.25) is 5.75 Å². The summed E-state index contributed by atoms with van der Waals surface area (Å²) in [5.41, 5.74) is 1.93. The summed E-state index contributed by atoms with van der Waals surface area (Å²) < 4.78 is 43.8. The number of nitrogens with zero attached hydrogens (tertiary/aromatic N) is 1. The van der Waals surface area contributed by atoms with Gasteiger partial charge in [-0.2, -0.15) is 0 Å². The number of hydrogen-bond acceptors (Lipinski definition) is 7. The van der Waals surface area contributed by atoms with Gasteiger partial charge in [0.05, 0.1) is 7.11 Å². The monoisotopic (exact) mass is 538 g/mol. The van der Waals surface area contributed by atoms with Crippen LogP contribution >= 0.6 is 0 Å². The molecule has 0 fully saturated rings. The minimum atomic E-state index is -1.11. The molecule has 3 aromatic rings. The molecule has 204 valence electrons. The third kappa shape index (κ3) is 6.22. The van der Waals surface area contributed by atoms with Crippen molar-refractivity contribution in [2.75, 3.05) is 7.11 Å². The molecule has 0 spiro atoms. The summed E-state index contributed by atoms with van der Waals surface area (Å²) in [4.78, 5) is 42.3. The Balaban J connectivity index is 1.51. The van der Waals surface area contributed by atoms with Crippen LogP contribution in [-0.4, -0.2) is 42.1 Å². The molecule has 10 heteroatoms. The van der Waals surface area contributed by atoms with Crippen LogP contribution in [0.4, 0.5) is 8.78 Å². The fourth-order valence-electron chi connectivity index (χ4n) is 4.56. The topological polar surface area (TPSA) is 104 Å². The molecule has 1 heterocycles. The number of esters is 2. The van der Waals surface area contributed by atoms with E-state index in [1.165, 1.54) is 50.6 Å². The van der Waals surface area contributed by atoms with Gasteiger partial charge in [0.1, 0.15) is 23.8 Å². The van der Waals surface area contributed by atoms with Crippen molar-refractivity contribution >= 4 is 17.8 Å². The largest absolute Gasteiger partial charge is 0.493 e. The number of methoxy groups -OCH3 is 1. The average molecular weight is 539 g/mol. The van der Waals surface area contributed by atoms with Crippen LogP contribution in [0.2, 0.25) is 0 Å². The minimum absolute atomic E-state index is 0.130. The van der Waals surface area contributed by atoms with E-state index in [2.05, 4.69) is 10.3 Å². The van der Waals surface area contributed by atoms with E-state index in [0.717, 1.165) is 5.56 Å². The summed E-state index contributed by atoms with van der Waals surface area (Å²) >= 11 is 0. The smallest absolute Gasteiger partial charge is 0.328 e. The normalized spacial score (nSPS) is 16.6. The van der Waals surface area contributed by atoms with Gasteiger partial charge in [-0.05, 0) is 54.3 Å². The predicted molar refractivity (Wildman–Crippen MR) is 136 cm³/mol. The lowest BCUT2D eigenvalue weighted by Gasteiger charge is -2.23. The summed E-state index contributed by atoms with van der Waals surface area (Å²) in [6.07, 6.45) is 1.53. The zero-order valence-electron chi connectivity index (χ0n) is 21.7. The number of carbonyl (C=O) groups excluding carboxylic acids is 3. The molecule has 1 amide bonds. The van der Waals surface area contributed by atoms with Crippen LogP contribution in [-0.2, 0) is 20.7 Å². The molecule has 8 nitrogen and oxygen atoms in total. The molecule has 1 aromatic heterocycles. The summed E-state index contributed by atoms with van der Waals surface area (Å²) in [5.74, 6) is -3.36. The highest BCUT2D eigenvalue weighted by Crippen LogP contribution is 2.40. The second-order valence-corrected chi connectivity index (χ2v) is 9.16. The van der Waals surface area contributed by atoms with Crippen LogP contribution in [0.3, 0.4) is 0 Å². The highest BCUT2D eigenvalue weighted by atomic mass is 19.1. The molecule has 1 aliphatic carbocycles. The van der Waals surface area contributed by atoms with E-state index in [1.807, 2.05) is 6.92 Å². The fraction of sp³-hybridized carbons (Fsp3) is 0.310. The Hall–Kier alpha value is -4.34. The maximum atomic E-state index is 13.9. The van der Waals surface area contributed by atoms with E-state index >= 15 is 0 Å². The molecule has 1 aliphatic rings. The van der Waals surface area contributed by atoms with Crippen molar-refractivity contribution in [1.82, 2.24) is 10.3 Å². The van der Waals surface area contributed by atoms with E-state index in [4.69, 9.17) is 14.2 Å². The highest BCUT2D eigenvalue weighted by molar-refractivity contribution is 5.98. The highest BCUT2D eigenvalue weighted by Gasteiger charge is 2.38. The van der Waals surface area contributed by atoms with Crippen LogP contribution in [0.5, 0.6) is 11.5 Å². The number of benzene rings is 2. The zero-order chi connectivity index (χ0) is 28.1. The Morgan fingerprint density at radius 1 is 1.08 bits per heavy atom. The van der Waals surface area contributed by atoms with Crippen molar-refractivity contribution in [2.45, 2.75) is 51.2 Å².